The van der Waals surface area contributed by atoms with E-state index in [9.17, 15) is 15.0 Å². The van der Waals surface area contributed by atoms with Crippen LogP contribution in [0.1, 0.15) is 24.8 Å². The summed E-state index contributed by atoms with van der Waals surface area (Å²) in [6.07, 6.45) is 3.30. The van der Waals surface area contributed by atoms with Gasteiger partial charge in [0, 0.05) is 13.7 Å². The maximum atomic E-state index is 12.0. The van der Waals surface area contributed by atoms with E-state index in [1.54, 1.807) is 13.2 Å². The molecule has 0 bridgehead atoms. The molecule has 1 fully saturated rings. The van der Waals surface area contributed by atoms with Crippen LogP contribution in [0, 0.1) is 0 Å². The highest BCUT2D eigenvalue weighted by Crippen LogP contribution is 2.34. The van der Waals surface area contributed by atoms with E-state index in [0.717, 1.165) is 19.3 Å². The summed E-state index contributed by atoms with van der Waals surface area (Å²) >= 11 is 0. The van der Waals surface area contributed by atoms with Crippen molar-refractivity contribution in [2.45, 2.75) is 37.3 Å². The summed E-state index contributed by atoms with van der Waals surface area (Å²) < 4.78 is 5.43. The zero-order chi connectivity index (χ0) is 15.5. The van der Waals surface area contributed by atoms with Crippen molar-refractivity contribution in [1.29, 1.82) is 0 Å². The number of amides is 1. The Labute approximate surface area is 123 Å². The van der Waals surface area contributed by atoms with E-state index in [1.807, 2.05) is 0 Å². The van der Waals surface area contributed by atoms with Gasteiger partial charge in [-0.25, -0.2) is 0 Å². The van der Waals surface area contributed by atoms with Gasteiger partial charge in [0.15, 0.2) is 11.5 Å². The Morgan fingerprint density at radius 1 is 1.43 bits per heavy atom. The number of nitrogens with two attached hydrogens (primary N) is 1. The highest BCUT2D eigenvalue weighted by atomic mass is 16.5. The molecule has 0 saturated heterocycles. The number of phenolic OH excluding ortho intramolecular Hbond substituents is 2. The molecule has 0 unspecified atom stereocenters. The van der Waals surface area contributed by atoms with Gasteiger partial charge in [0.05, 0.1) is 11.6 Å². The summed E-state index contributed by atoms with van der Waals surface area (Å²) in [5.74, 6) is -0.650. The number of carbonyl (C=O) groups excluding carboxylic acids is 1. The minimum atomic E-state index is -0.706. The van der Waals surface area contributed by atoms with Crippen molar-refractivity contribution in [3.63, 3.8) is 0 Å². The van der Waals surface area contributed by atoms with Crippen molar-refractivity contribution >= 4 is 5.91 Å². The fourth-order valence-electron chi connectivity index (χ4n) is 2.45. The van der Waals surface area contributed by atoms with Crippen molar-refractivity contribution < 1.29 is 19.7 Å². The predicted octanol–water partition coefficient (Wildman–Crippen LogP) is 0.653. The summed E-state index contributed by atoms with van der Waals surface area (Å²) in [6, 6.07) is 3.71. The van der Waals surface area contributed by atoms with Gasteiger partial charge in [0.25, 0.3) is 0 Å². The average Bonchev–Trinajstić information content (AvgIpc) is 2.42. The largest absolute Gasteiger partial charge is 0.504 e. The van der Waals surface area contributed by atoms with Gasteiger partial charge in [0.2, 0.25) is 5.91 Å². The molecular formula is C15H22N2O4. The molecule has 0 aliphatic heterocycles. The van der Waals surface area contributed by atoms with E-state index < -0.39 is 6.04 Å². The van der Waals surface area contributed by atoms with Crippen LogP contribution in [0.25, 0.3) is 0 Å². The first-order chi connectivity index (χ1) is 9.96. The number of aromatic hydroxyl groups is 2. The second-order valence-electron chi connectivity index (χ2n) is 5.59. The molecule has 1 aromatic rings. The summed E-state index contributed by atoms with van der Waals surface area (Å²) in [6.45, 7) is 0.469. The third-order valence-electron chi connectivity index (χ3n) is 4.11. The molecule has 1 aliphatic carbocycles. The van der Waals surface area contributed by atoms with Gasteiger partial charge in [-0.15, -0.1) is 0 Å². The molecule has 5 N–H and O–H groups in total. The van der Waals surface area contributed by atoms with Gasteiger partial charge in [0.1, 0.15) is 0 Å². The van der Waals surface area contributed by atoms with Gasteiger partial charge in [-0.2, -0.15) is 0 Å². The number of carbonyl (C=O) groups is 1. The van der Waals surface area contributed by atoms with E-state index in [1.165, 1.54) is 12.1 Å². The Bertz CT molecular complexity index is 509. The second-order valence-corrected chi connectivity index (χ2v) is 5.59. The van der Waals surface area contributed by atoms with E-state index in [2.05, 4.69) is 5.32 Å². The predicted molar refractivity (Wildman–Crippen MR) is 78.1 cm³/mol. The standard InChI is InChI=1S/C15H22N2O4/c1-21-15(5-2-6-15)9-17-14(20)11(16)7-10-3-4-12(18)13(19)8-10/h3-4,8,11,18-19H,2,5-7,9,16H2,1H3,(H,17,20)/t11-/m0/s1. The maximum Gasteiger partial charge on any atom is 0.237 e. The van der Waals surface area contributed by atoms with Crippen molar-refractivity contribution in [2.75, 3.05) is 13.7 Å². The molecule has 0 aromatic heterocycles. The fraction of sp³-hybridized carbons (Fsp3) is 0.533. The Morgan fingerprint density at radius 3 is 2.67 bits per heavy atom. The molecule has 1 atom stereocenters. The number of rotatable bonds is 6. The lowest BCUT2D eigenvalue weighted by molar-refractivity contribution is -0.126. The van der Waals surface area contributed by atoms with E-state index >= 15 is 0 Å². The smallest absolute Gasteiger partial charge is 0.237 e. The number of ether oxygens (including phenoxy) is 1. The molecule has 1 aliphatic rings. The van der Waals surface area contributed by atoms with Crippen molar-refractivity contribution in [2.24, 2.45) is 5.73 Å². The molecule has 1 aromatic carbocycles. The Balaban J connectivity index is 1.86. The number of benzene rings is 1. The summed E-state index contributed by atoms with van der Waals surface area (Å²) in [7, 11) is 1.66. The SMILES string of the molecule is COC1(CNC(=O)[C@@H](N)Cc2ccc(O)c(O)c2)CCC1. The first kappa shape index (κ1) is 15.6. The van der Waals surface area contributed by atoms with E-state index in [4.69, 9.17) is 10.5 Å². The molecule has 0 radical (unpaired) electrons. The van der Waals surface area contributed by atoms with Crippen molar-refractivity contribution in [1.82, 2.24) is 5.32 Å². The maximum absolute atomic E-state index is 12.0. The van der Waals surface area contributed by atoms with Crippen LogP contribution in [-0.4, -0.2) is 41.4 Å². The minimum absolute atomic E-state index is 0.191. The van der Waals surface area contributed by atoms with Crippen LogP contribution in [0.5, 0.6) is 11.5 Å². The second kappa shape index (κ2) is 6.32. The lowest BCUT2D eigenvalue weighted by Gasteiger charge is -2.40. The van der Waals surface area contributed by atoms with E-state index in [-0.39, 0.29) is 23.0 Å². The lowest BCUT2D eigenvalue weighted by Crippen LogP contribution is -2.52. The third kappa shape index (κ3) is 3.65. The van der Waals surface area contributed by atoms with Crippen molar-refractivity contribution in [3.05, 3.63) is 23.8 Å². The highest BCUT2D eigenvalue weighted by molar-refractivity contribution is 5.81. The van der Waals surface area contributed by atoms with Crippen molar-refractivity contribution in [3.8, 4) is 11.5 Å². The zero-order valence-corrected chi connectivity index (χ0v) is 12.1. The number of phenols is 2. The topological polar surface area (TPSA) is 105 Å². The molecule has 1 amide bonds. The van der Waals surface area contributed by atoms with Gasteiger partial charge in [-0.05, 0) is 43.4 Å². The van der Waals surface area contributed by atoms with Crippen LogP contribution in [0.15, 0.2) is 18.2 Å². The van der Waals surface area contributed by atoms with E-state index in [0.29, 0.717) is 18.5 Å². The first-order valence-corrected chi connectivity index (χ1v) is 7.05. The van der Waals surface area contributed by atoms with Crippen LogP contribution in [0.2, 0.25) is 0 Å². The number of methoxy groups -OCH3 is 1. The number of nitrogens with one attached hydrogen (secondary N) is 1. The van der Waals surface area contributed by atoms with Crippen LogP contribution in [0.4, 0.5) is 0 Å². The summed E-state index contributed by atoms with van der Waals surface area (Å²) in [5, 5.41) is 21.5. The van der Waals surface area contributed by atoms with Crippen LogP contribution >= 0.6 is 0 Å². The fourth-order valence-corrected chi connectivity index (χ4v) is 2.45. The highest BCUT2D eigenvalue weighted by Gasteiger charge is 2.37. The summed E-state index contributed by atoms with van der Waals surface area (Å²) in [4.78, 5) is 12.0. The molecule has 21 heavy (non-hydrogen) atoms. The Hall–Kier alpha value is -1.79. The molecule has 6 nitrogen and oxygen atoms in total. The zero-order valence-electron chi connectivity index (χ0n) is 12.1. The molecule has 0 spiro atoms. The number of hydrogen-bond donors (Lipinski definition) is 4. The third-order valence-corrected chi connectivity index (χ3v) is 4.11. The molecule has 116 valence electrons. The molecule has 6 heteroatoms. The Morgan fingerprint density at radius 2 is 2.14 bits per heavy atom. The monoisotopic (exact) mass is 294 g/mol. The van der Waals surface area contributed by atoms with Gasteiger partial charge < -0.3 is 26.0 Å². The lowest BCUT2D eigenvalue weighted by atomic mass is 9.80. The minimum Gasteiger partial charge on any atom is -0.504 e. The quantitative estimate of drug-likeness (QED) is 0.577. The number of hydrogen-bond acceptors (Lipinski definition) is 5. The van der Waals surface area contributed by atoms with Gasteiger partial charge in [-0.3, -0.25) is 4.79 Å². The van der Waals surface area contributed by atoms with Gasteiger partial charge >= 0.3 is 0 Å². The van der Waals surface area contributed by atoms with Gasteiger partial charge in [-0.1, -0.05) is 6.07 Å². The van der Waals surface area contributed by atoms with Crippen LogP contribution < -0.4 is 11.1 Å². The normalized spacial score (nSPS) is 17.8. The Kier molecular flexibility index (Phi) is 4.69. The molecule has 2 rings (SSSR count). The summed E-state index contributed by atoms with van der Waals surface area (Å²) in [5.41, 5.74) is 6.33. The molecular weight excluding hydrogens is 272 g/mol. The average molecular weight is 294 g/mol. The van der Waals surface area contributed by atoms with Crippen LogP contribution in [0.3, 0.4) is 0 Å². The molecule has 1 saturated carbocycles. The first-order valence-electron chi connectivity index (χ1n) is 7.05. The molecule has 0 heterocycles. The van der Waals surface area contributed by atoms with Crippen LogP contribution in [-0.2, 0) is 16.0 Å².